The third-order valence-corrected chi connectivity index (χ3v) is 11.1. The van der Waals surface area contributed by atoms with E-state index in [9.17, 15) is 5.26 Å². The number of fused-ring (bicyclic) bond motifs is 3. The zero-order chi connectivity index (χ0) is 38.2. The molecule has 0 saturated carbocycles. The SMILES string of the molecule is N#Cc1cccc2c1-c1ccc(-c3ccccc3-c3nc(-c4ccccc4)nc(-c4ccc(-c5ccccc5)cc4)n3)cc1C2(c1ccccc1)c1ccccc1. The van der Waals surface area contributed by atoms with Gasteiger partial charge in [-0.2, -0.15) is 5.26 Å². The highest BCUT2D eigenvalue weighted by Gasteiger charge is 2.47. The van der Waals surface area contributed by atoms with Gasteiger partial charge in [-0.3, -0.25) is 0 Å². The molecule has 4 heteroatoms. The number of benzene rings is 8. The first kappa shape index (κ1) is 33.8. The van der Waals surface area contributed by atoms with Gasteiger partial charge in [-0.1, -0.05) is 194 Å². The Morgan fingerprint density at radius 3 is 1.44 bits per heavy atom. The molecule has 1 aliphatic carbocycles. The highest BCUT2D eigenvalue weighted by Crippen LogP contribution is 2.57. The van der Waals surface area contributed by atoms with E-state index in [1.165, 1.54) is 0 Å². The topological polar surface area (TPSA) is 62.5 Å². The predicted molar refractivity (Wildman–Crippen MR) is 229 cm³/mol. The molecule has 1 aliphatic rings. The van der Waals surface area contributed by atoms with Crippen LogP contribution < -0.4 is 0 Å². The number of hydrogen-bond donors (Lipinski definition) is 0. The summed E-state index contributed by atoms with van der Waals surface area (Å²) in [5.74, 6) is 1.81. The summed E-state index contributed by atoms with van der Waals surface area (Å²) in [4.78, 5) is 15.4. The Hall–Kier alpha value is -7.74. The first-order valence-electron chi connectivity index (χ1n) is 19.1. The molecule has 0 aliphatic heterocycles. The largest absolute Gasteiger partial charge is 0.208 e. The second-order valence-corrected chi connectivity index (χ2v) is 14.2. The number of nitrogens with zero attached hydrogens (tertiary/aromatic N) is 4. The van der Waals surface area contributed by atoms with Gasteiger partial charge in [0.05, 0.1) is 17.0 Å². The molecule has 0 unspecified atom stereocenters. The second kappa shape index (κ2) is 14.2. The van der Waals surface area contributed by atoms with Gasteiger partial charge in [-0.05, 0) is 62.2 Å². The van der Waals surface area contributed by atoms with Crippen molar-refractivity contribution in [3.05, 3.63) is 234 Å². The van der Waals surface area contributed by atoms with E-state index in [0.717, 1.165) is 72.3 Å². The lowest BCUT2D eigenvalue weighted by Crippen LogP contribution is -2.28. The molecule has 10 rings (SSSR count). The van der Waals surface area contributed by atoms with Gasteiger partial charge in [0.25, 0.3) is 0 Å². The Balaban J connectivity index is 1.17. The maximum Gasteiger partial charge on any atom is 0.164 e. The Bertz CT molecular complexity index is 2900. The zero-order valence-corrected chi connectivity index (χ0v) is 30.9. The van der Waals surface area contributed by atoms with E-state index in [0.29, 0.717) is 23.0 Å². The Morgan fingerprint density at radius 1 is 0.351 bits per heavy atom. The standard InChI is InChI=1S/C53H34N4/c54-35-41-20-15-27-47-49(41)46-33-32-40(34-48(46)53(47,42-21-9-3-10-22-42)43-23-11-4-12-24-43)44-25-13-14-26-45(44)52-56-50(38-18-7-2-8-19-38)55-51(57-52)39-30-28-37(29-31-39)36-16-5-1-6-17-36/h1-34H. The van der Waals surface area contributed by atoms with Crippen LogP contribution in [0.5, 0.6) is 0 Å². The molecule has 266 valence electrons. The summed E-state index contributed by atoms with van der Waals surface area (Å²) in [6, 6.07) is 73.9. The summed E-state index contributed by atoms with van der Waals surface area (Å²) in [5.41, 5.74) is 13.6. The minimum atomic E-state index is -0.655. The van der Waals surface area contributed by atoms with Crippen molar-refractivity contribution < 1.29 is 0 Å². The summed E-state index contributed by atoms with van der Waals surface area (Å²) in [7, 11) is 0. The van der Waals surface area contributed by atoms with Crippen molar-refractivity contribution in [3.63, 3.8) is 0 Å². The highest BCUT2D eigenvalue weighted by molar-refractivity contribution is 5.92. The van der Waals surface area contributed by atoms with Crippen LogP contribution in [-0.2, 0) is 5.41 Å². The van der Waals surface area contributed by atoms with E-state index in [1.807, 2.05) is 54.6 Å². The highest BCUT2D eigenvalue weighted by atomic mass is 15.0. The normalized spacial score (nSPS) is 12.3. The molecular formula is C53H34N4. The quantitative estimate of drug-likeness (QED) is 0.164. The van der Waals surface area contributed by atoms with Crippen LogP contribution in [0.2, 0.25) is 0 Å². The fourth-order valence-corrected chi connectivity index (χ4v) is 8.51. The summed E-state index contributed by atoms with van der Waals surface area (Å²) in [5, 5.41) is 10.4. The van der Waals surface area contributed by atoms with Crippen molar-refractivity contribution >= 4 is 0 Å². The maximum absolute atomic E-state index is 10.4. The average molecular weight is 727 g/mol. The average Bonchev–Trinajstić information content (AvgIpc) is 3.61. The van der Waals surface area contributed by atoms with Crippen LogP contribution >= 0.6 is 0 Å². The van der Waals surface area contributed by atoms with Crippen LogP contribution in [0.3, 0.4) is 0 Å². The van der Waals surface area contributed by atoms with Gasteiger partial charge in [0.1, 0.15) is 0 Å². The lowest BCUT2D eigenvalue weighted by molar-refractivity contribution is 0.768. The van der Waals surface area contributed by atoms with E-state index in [1.54, 1.807) is 0 Å². The Morgan fingerprint density at radius 2 is 0.825 bits per heavy atom. The third kappa shape index (κ3) is 5.73. The van der Waals surface area contributed by atoms with Gasteiger partial charge in [0.15, 0.2) is 17.5 Å². The third-order valence-electron chi connectivity index (χ3n) is 11.1. The Labute approximate surface area is 332 Å². The van der Waals surface area contributed by atoms with Crippen LogP contribution in [-0.4, -0.2) is 15.0 Å². The van der Waals surface area contributed by atoms with Gasteiger partial charge in [-0.15, -0.1) is 0 Å². The molecule has 1 aromatic heterocycles. The molecule has 8 aromatic carbocycles. The van der Waals surface area contributed by atoms with Crippen molar-refractivity contribution in [2.24, 2.45) is 0 Å². The molecule has 0 amide bonds. The van der Waals surface area contributed by atoms with E-state index >= 15 is 0 Å². The molecule has 0 saturated heterocycles. The van der Waals surface area contributed by atoms with Crippen molar-refractivity contribution in [1.29, 1.82) is 5.26 Å². The summed E-state index contributed by atoms with van der Waals surface area (Å²) < 4.78 is 0. The molecule has 0 spiro atoms. The van der Waals surface area contributed by atoms with Crippen LogP contribution in [0.4, 0.5) is 0 Å². The smallest absolute Gasteiger partial charge is 0.164 e. The number of hydrogen-bond acceptors (Lipinski definition) is 4. The second-order valence-electron chi connectivity index (χ2n) is 14.2. The van der Waals surface area contributed by atoms with Crippen molar-refractivity contribution in [2.75, 3.05) is 0 Å². The maximum atomic E-state index is 10.4. The van der Waals surface area contributed by atoms with Crippen LogP contribution in [0.1, 0.15) is 27.8 Å². The molecule has 57 heavy (non-hydrogen) atoms. The minimum absolute atomic E-state index is 0.592. The summed E-state index contributed by atoms with van der Waals surface area (Å²) >= 11 is 0. The van der Waals surface area contributed by atoms with Crippen LogP contribution in [0.15, 0.2) is 206 Å². The molecule has 1 heterocycles. The van der Waals surface area contributed by atoms with E-state index in [4.69, 9.17) is 15.0 Å². The van der Waals surface area contributed by atoms with Crippen molar-refractivity contribution in [3.8, 4) is 73.6 Å². The molecule has 0 fully saturated rings. The van der Waals surface area contributed by atoms with E-state index in [-0.39, 0.29) is 0 Å². The monoisotopic (exact) mass is 726 g/mol. The minimum Gasteiger partial charge on any atom is -0.208 e. The molecule has 4 nitrogen and oxygen atoms in total. The molecular weight excluding hydrogens is 693 g/mol. The number of nitriles is 1. The summed E-state index contributed by atoms with van der Waals surface area (Å²) in [6.45, 7) is 0. The van der Waals surface area contributed by atoms with Gasteiger partial charge < -0.3 is 0 Å². The van der Waals surface area contributed by atoms with Crippen molar-refractivity contribution in [1.82, 2.24) is 15.0 Å². The lowest BCUT2D eigenvalue weighted by atomic mass is 9.67. The van der Waals surface area contributed by atoms with Crippen LogP contribution in [0, 0.1) is 11.3 Å². The van der Waals surface area contributed by atoms with Crippen LogP contribution in [0.25, 0.3) is 67.5 Å². The molecule has 0 N–H and O–H groups in total. The molecule has 0 atom stereocenters. The molecule has 0 bridgehead atoms. The Kier molecular flexibility index (Phi) is 8.39. The van der Waals surface area contributed by atoms with Gasteiger partial charge >= 0.3 is 0 Å². The first-order chi connectivity index (χ1) is 28.2. The predicted octanol–water partition coefficient (Wildman–Crippen LogP) is 12.4. The zero-order valence-electron chi connectivity index (χ0n) is 30.9. The fourth-order valence-electron chi connectivity index (χ4n) is 8.51. The number of aromatic nitrogens is 3. The van der Waals surface area contributed by atoms with Gasteiger partial charge in [0.2, 0.25) is 0 Å². The van der Waals surface area contributed by atoms with Gasteiger partial charge in [-0.25, -0.2) is 15.0 Å². The fraction of sp³-hybridized carbons (Fsp3) is 0.0189. The lowest BCUT2D eigenvalue weighted by Gasteiger charge is -2.34. The summed E-state index contributed by atoms with van der Waals surface area (Å²) in [6.07, 6.45) is 0. The van der Waals surface area contributed by atoms with E-state index in [2.05, 4.69) is 158 Å². The molecule has 0 radical (unpaired) electrons. The van der Waals surface area contributed by atoms with E-state index < -0.39 is 5.41 Å². The number of rotatable bonds is 7. The van der Waals surface area contributed by atoms with Gasteiger partial charge in [0, 0.05) is 22.3 Å². The molecule has 9 aromatic rings. The van der Waals surface area contributed by atoms with Crippen molar-refractivity contribution in [2.45, 2.75) is 5.41 Å². The first-order valence-corrected chi connectivity index (χ1v) is 19.1.